The highest BCUT2D eigenvalue weighted by Crippen LogP contribution is 2.13. The van der Waals surface area contributed by atoms with E-state index in [1.807, 2.05) is 18.6 Å². The summed E-state index contributed by atoms with van der Waals surface area (Å²) >= 11 is 1.71. The van der Waals surface area contributed by atoms with Gasteiger partial charge in [-0.05, 0) is 18.2 Å². The molecule has 0 radical (unpaired) electrons. The van der Waals surface area contributed by atoms with Crippen LogP contribution in [0.5, 0.6) is 0 Å². The van der Waals surface area contributed by atoms with E-state index in [4.69, 9.17) is 0 Å². The summed E-state index contributed by atoms with van der Waals surface area (Å²) in [5, 5.41) is 6.36. The molecular formula is C12H14N2S. The Hall–Kier alpha value is -1.19. The first kappa shape index (κ1) is 10.3. The molecule has 1 N–H and O–H groups in total. The zero-order valence-electron chi connectivity index (χ0n) is 8.73. The molecule has 0 aliphatic heterocycles. The Bertz CT molecular complexity index is 409. The maximum atomic E-state index is 4.29. The molecule has 2 rings (SSSR count). The minimum absolute atomic E-state index is 0.922. The summed E-state index contributed by atoms with van der Waals surface area (Å²) in [4.78, 5) is 4.29. The van der Waals surface area contributed by atoms with E-state index in [0.29, 0.717) is 0 Å². The Kier molecular flexibility index (Phi) is 3.48. The Labute approximate surface area is 94.0 Å². The van der Waals surface area contributed by atoms with Gasteiger partial charge in [0.1, 0.15) is 0 Å². The fourth-order valence-corrected chi connectivity index (χ4v) is 2.22. The van der Waals surface area contributed by atoms with E-state index in [-0.39, 0.29) is 0 Å². The fraction of sp³-hybridized carbons (Fsp3) is 0.250. The predicted octanol–water partition coefficient (Wildman–Crippen LogP) is 2.45. The van der Waals surface area contributed by atoms with Gasteiger partial charge in [0.25, 0.3) is 0 Å². The van der Waals surface area contributed by atoms with Crippen molar-refractivity contribution in [3.8, 4) is 0 Å². The number of thiazole rings is 1. The Morgan fingerprint density at radius 2 is 2.20 bits per heavy atom. The van der Waals surface area contributed by atoms with Crippen molar-refractivity contribution in [2.24, 2.45) is 0 Å². The SMILES string of the molecule is CNCc1cccc(Cc2nccs2)c1. The largest absolute Gasteiger partial charge is 0.316 e. The number of aromatic nitrogens is 1. The van der Waals surface area contributed by atoms with Crippen LogP contribution in [0.25, 0.3) is 0 Å². The summed E-state index contributed by atoms with van der Waals surface area (Å²) in [6.07, 6.45) is 2.80. The third-order valence-corrected chi connectivity index (χ3v) is 2.99. The Morgan fingerprint density at radius 1 is 1.33 bits per heavy atom. The van der Waals surface area contributed by atoms with Crippen LogP contribution in [0.1, 0.15) is 16.1 Å². The number of nitrogens with zero attached hydrogens (tertiary/aromatic N) is 1. The normalized spacial score (nSPS) is 10.5. The zero-order chi connectivity index (χ0) is 10.5. The molecule has 1 heterocycles. The molecule has 15 heavy (non-hydrogen) atoms. The first-order valence-corrected chi connectivity index (χ1v) is 5.87. The van der Waals surface area contributed by atoms with Crippen LogP contribution in [0.4, 0.5) is 0 Å². The molecule has 1 aromatic heterocycles. The average Bonchev–Trinajstić information content (AvgIpc) is 2.71. The summed E-state index contributed by atoms with van der Waals surface area (Å²) in [5.74, 6) is 0. The molecular weight excluding hydrogens is 204 g/mol. The van der Waals surface area contributed by atoms with Gasteiger partial charge in [-0.15, -0.1) is 11.3 Å². The molecule has 0 bridgehead atoms. The molecule has 0 saturated carbocycles. The smallest absolute Gasteiger partial charge is 0.0968 e. The van der Waals surface area contributed by atoms with Crippen LogP contribution in [0, 0.1) is 0 Å². The van der Waals surface area contributed by atoms with E-state index in [2.05, 4.69) is 34.6 Å². The van der Waals surface area contributed by atoms with E-state index in [1.165, 1.54) is 16.1 Å². The van der Waals surface area contributed by atoms with Gasteiger partial charge in [0.15, 0.2) is 0 Å². The lowest BCUT2D eigenvalue weighted by atomic mass is 10.1. The second-order valence-electron chi connectivity index (χ2n) is 3.45. The van der Waals surface area contributed by atoms with Crippen molar-refractivity contribution < 1.29 is 0 Å². The highest BCUT2D eigenvalue weighted by molar-refractivity contribution is 7.09. The lowest BCUT2D eigenvalue weighted by Crippen LogP contribution is -2.05. The molecule has 0 unspecified atom stereocenters. The number of benzene rings is 1. The molecule has 0 spiro atoms. The minimum Gasteiger partial charge on any atom is -0.316 e. The average molecular weight is 218 g/mol. The Balaban J connectivity index is 2.11. The monoisotopic (exact) mass is 218 g/mol. The molecule has 2 nitrogen and oxygen atoms in total. The van der Waals surface area contributed by atoms with Crippen LogP contribution < -0.4 is 5.32 Å². The van der Waals surface area contributed by atoms with Crippen LogP contribution >= 0.6 is 11.3 Å². The van der Waals surface area contributed by atoms with Gasteiger partial charge in [-0.3, -0.25) is 0 Å². The minimum atomic E-state index is 0.922. The van der Waals surface area contributed by atoms with E-state index in [1.54, 1.807) is 11.3 Å². The van der Waals surface area contributed by atoms with Crippen molar-refractivity contribution in [2.45, 2.75) is 13.0 Å². The third kappa shape index (κ3) is 2.88. The first-order chi connectivity index (χ1) is 7.38. The number of hydrogen-bond donors (Lipinski definition) is 1. The number of hydrogen-bond acceptors (Lipinski definition) is 3. The molecule has 2 aromatic rings. The summed E-state index contributed by atoms with van der Waals surface area (Å²) in [5.41, 5.74) is 2.66. The maximum absolute atomic E-state index is 4.29. The third-order valence-electron chi connectivity index (χ3n) is 2.21. The summed E-state index contributed by atoms with van der Waals surface area (Å²) in [6, 6.07) is 8.63. The highest BCUT2D eigenvalue weighted by atomic mass is 32.1. The van der Waals surface area contributed by atoms with Crippen LogP contribution in [0.3, 0.4) is 0 Å². The standard InChI is InChI=1S/C12H14N2S/c1-13-9-11-4-2-3-10(7-11)8-12-14-5-6-15-12/h2-7,13H,8-9H2,1H3. The van der Waals surface area contributed by atoms with Gasteiger partial charge in [0, 0.05) is 24.5 Å². The summed E-state index contributed by atoms with van der Waals surface area (Å²) in [7, 11) is 1.97. The van der Waals surface area contributed by atoms with Crippen molar-refractivity contribution in [1.29, 1.82) is 0 Å². The van der Waals surface area contributed by atoms with Crippen molar-refractivity contribution in [1.82, 2.24) is 10.3 Å². The second kappa shape index (κ2) is 5.05. The van der Waals surface area contributed by atoms with Gasteiger partial charge in [-0.2, -0.15) is 0 Å². The van der Waals surface area contributed by atoms with Crippen molar-refractivity contribution >= 4 is 11.3 Å². The molecule has 78 valence electrons. The van der Waals surface area contributed by atoms with E-state index < -0.39 is 0 Å². The quantitative estimate of drug-likeness (QED) is 0.852. The Morgan fingerprint density at radius 3 is 2.93 bits per heavy atom. The molecule has 0 atom stereocenters. The highest BCUT2D eigenvalue weighted by Gasteiger charge is 1.99. The van der Waals surface area contributed by atoms with Crippen molar-refractivity contribution in [3.63, 3.8) is 0 Å². The topological polar surface area (TPSA) is 24.9 Å². The first-order valence-electron chi connectivity index (χ1n) is 4.99. The van der Waals surface area contributed by atoms with E-state index >= 15 is 0 Å². The summed E-state index contributed by atoms with van der Waals surface area (Å²) in [6.45, 7) is 0.922. The molecule has 0 amide bonds. The second-order valence-corrected chi connectivity index (χ2v) is 4.43. The summed E-state index contributed by atoms with van der Waals surface area (Å²) < 4.78 is 0. The molecule has 0 saturated heterocycles. The lowest BCUT2D eigenvalue weighted by Gasteiger charge is -2.03. The van der Waals surface area contributed by atoms with Crippen molar-refractivity contribution in [2.75, 3.05) is 7.05 Å². The van der Waals surface area contributed by atoms with Gasteiger partial charge in [0.05, 0.1) is 5.01 Å². The van der Waals surface area contributed by atoms with Gasteiger partial charge < -0.3 is 5.32 Å². The van der Waals surface area contributed by atoms with E-state index in [9.17, 15) is 0 Å². The number of rotatable bonds is 4. The molecule has 3 heteroatoms. The molecule has 1 aromatic carbocycles. The van der Waals surface area contributed by atoms with Gasteiger partial charge >= 0.3 is 0 Å². The molecule has 0 aliphatic rings. The number of nitrogens with one attached hydrogen (secondary N) is 1. The molecule has 0 fully saturated rings. The maximum Gasteiger partial charge on any atom is 0.0968 e. The van der Waals surface area contributed by atoms with Gasteiger partial charge in [0.2, 0.25) is 0 Å². The van der Waals surface area contributed by atoms with E-state index in [0.717, 1.165) is 13.0 Å². The fourth-order valence-electron chi connectivity index (χ4n) is 1.57. The van der Waals surface area contributed by atoms with Crippen LogP contribution in [-0.2, 0) is 13.0 Å². The zero-order valence-corrected chi connectivity index (χ0v) is 9.55. The van der Waals surface area contributed by atoms with Crippen molar-refractivity contribution in [3.05, 3.63) is 52.0 Å². The lowest BCUT2D eigenvalue weighted by molar-refractivity contribution is 0.816. The molecule has 0 aliphatic carbocycles. The van der Waals surface area contributed by atoms with Crippen LogP contribution in [-0.4, -0.2) is 12.0 Å². The predicted molar refractivity (Wildman–Crippen MR) is 64.1 cm³/mol. The van der Waals surface area contributed by atoms with Crippen LogP contribution in [0.2, 0.25) is 0 Å². The van der Waals surface area contributed by atoms with Gasteiger partial charge in [-0.1, -0.05) is 24.3 Å². The van der Waals surface area contributed by atoms with Gasteiger partial charge in [-0.25, -0.2) is 4.98 Å². The van der Waals surface area contributed by atoms with Crippen LogP contribution in [0.15, 0.2) is 35.8 Å².